The predicted molar refractivity (Wildman–Crippen MR) is 82.1 cm³/mol. The third-order valence-corrected chi connectivity index (χ3v) is 4.07. The Morgan fingerprint density at radius 1 is 1.27 bits per heavy atom. The van der Waals surface area contributed by atoms with Gasteiger partial charge in [-0.15, -0.1) is 0 Å². The van der Waals surface area contributed by atoms with E-state index in [9.17, 15) is 9.59 Å². The zero-order valence-corrected chi connectivity index (χ0v) is 12.9. The quantitative estimate of drug-likeness (QED) is 0.767. The van der Waals surface area contributed by atoms with Gasteiger partial charge in [0.05, 0.1) is 13.2 Å². The van der Waals surface area contributed by atoms with Gasteiger partial charge < -0.3 is 15.0 Å². The molecule has 0 aromatic carbocycles. The molecule has 2 aromatic heterocycles. The van der Waals surface area contributed by atoms with Gasteiger partial charge in [0.1, 0.15) is 5.82 Å². The number of nitrogens with two attached hydrogens (primary N) is 1. The van der Waals surface area contributed by atoms with E-state index in [-0.39, 0.29) is 11.2 Å². The van der Waals surface area contributed by atoms with Gasteiger partial charge in [-0.1, -0.05) is 0 Å². The molecule has 8 nitrogen and oxygen atoms in total. The summed E-state index contributed by atoms with van der Waals surface area (Å²) in [6.45, 7) is 1.70. The molecule has 2 N–H and O–H groups in total. The van der Waals surface area contributed by atoms with Crippen molar-refractivity contribution >= 4 is 11.2 Å². The summed E-state index contributed by atoms with van der Waals surface area (Å²) in [5.41, 5.74) is 5.91. The molecule has 120 valence electrons. The first-order valence-corrected chi connectivity index (χ1v) is 7.49. The van der Waals surface area contributed by atoms with Gasteiger partial charge in [0, 0.05) is 33.2 Å². The van der Waals surface area contributed by atoms with Crippen LogP contribution >= 0.6 is 0 Å². The molecule has 0 aliphatic heterocycles. The van der Waals surface area contributed by atoms with E-state index < -0.39 is 0 Å². The second-order valence-corrected chi connectivity index (χ2v) is 5.65. The Morgan fingerprint density at radius 2 is 2.00 bits per heavy atom. The van der Waals surface area contributed by atoms with Crippen molar-refractivity contribution < 1.29 is 4.74 Å². The van der Waals surface area contributed by atoms with Crippen molar-refractivity contribution in [1.29, 1.82) is 0 Å². The van der Waals surface area contributed by atoms with E-state index in [1.54, 1.807) is 7.11 Å². The van der Waals surface area contributed by atoms with Gasteiger partial charge in [-0.25, -0.2) is 9.78 Å². The van der Waals surface area contributed by atoms with Gasteiger partial charge in [-0.3, -0.25) is 13.9 Å². The highest BCUT2D eigenvalue weighted by Gasteiger charge is 2.31. The Kier molecular flexibility index (Phi) is 3.88. The molecular weight excluding hydrogens is 286 g/mol. The van der Waals surface area contributed by atoms with Crippen LogP contribution in [-0.4, -0.2) is 38.9 Å². The largest absolute Gasteiger partial charge is 0.383 e. The lowest BCUT2D eigenvalue weighted by Crippen LogP contribution is -2.39. The molecule has 2 aromatic rings. The van der Waals surface area contributed by atoms with Crippen LogP contribution in [0.5, 0.6) is 0 Å². The second-order valence-electron chi connectivity index (χ2n) is 5.65. The Morgan fingerprint density at radius 3 is 2.59 bits per heavy atom. The summed E-state index contributed by atoms with van der Waals surface area (Å²) >= 11 is 0. The highest BCUT2D eigenvalue weighted by Crippen LogP contribution is 2.40. The van der Waals surface area contributed by atoms with Gasteiger partial charge in [0.25, 0.3) is 5.56 Å². The van der Waals surface area contributed by atoms with Crippen LogP contribution in [-0.2, 0) is 24.9 Å². The SMILES string of the molecule is COCCn1c(=O)n(C)c(=O)c2c1nc(C1CC1)n2CCN. The number of aromatic nitrogens is 4. The normalized spacial score (nSPS) is 14.9. The summed E-state index contributed by atoms with van der Waals surface area (Å²) in [5, 5.41) is 0. The van der Waals surface area contributed by atoms with Crippen LogP contribution in [0.3, 0.4) is 0 Å². The molecule has 22 heavy (non-hydrogen) atoms. The Hall–Kier alpha value is -1.93. The topological polar surface area (TPSA) is 97.1 Å². The molecule has 0 unspecified atom stereocenters. The Bertz CT molecular complexity index is 812. The third kappa shape index (κ3) is 2.28. The molecule has 0 atom stereocenters. The molecule has 0 spiro atoms. The number of hydrogen-bond acceptors (Lipinski definition) is 5. The van der Waals surface area contributed by atoms with Crippen molar-refractivity contribution in [3.05, 3.63) is 26.7 Å². The lowest BCUT2D eigenvalue weighted by molar-refractivity contribution is 0.186. The summed E-state index contributed by atoms with van der Waals surface area (Å²) in [7, 11) is 3.07. The molecule has 0 radical (unpaired) electrons. The maximum absolute atomic E-state index is 12.5. The molecule has 0 saturated heterocycles. The van der Waals surface area contributed by atoms with Crippen molar-refractivity contribution in [2.75, 3.05) is 20.3 Å². The molecule has 1 aliphatic carbocycles. The van der Waals surface area contributed by atoms with Gasteiger partial charge in [0.2, 0.25) is 0 Å². The number of methoxy groups -OCH3 is 1. The van der Waals surface area contributed by atoms with Crippen LogP contribution in [0.25, 0.3) is 11.2 Å². The summed E-state index contributed by atoms with van der Waals surface area (Å²) in [5.74, 6) is 1.24. The molecule has 2 heterocycles. The van der Waals surface area contributed by atoms with Crippen molar-refractivity contribution in [3.63, 3.8) is 0 Å². The summed E-state index contributed by atoms with van der Waals surface area (Å²) in [6, 6.07) is 0. The van der Waals surface area contributed by atoms with Crippen molar-refractivity contribution in [2.45, 2.75) is 31.8 Å². The maximum Gasteiger partial charge on any atom is 0.332 e. The first-order chi connectivity index (χ1) is 10.6. The van der Waals surface area contributed by atoms with E-state index >= 15 is 0 Å². The minimum absolute atomic E-state index is 0.318. The number of rotatable bonds is 6. The number of fused-ring (bicyclic) bond motifs is 1. The highest BCUT2D eigenvalue weighted by atomic mass is 16.5. The van der Waals surface area contributed by atoms with Gasteiger partial charge in [0.15, 0.2) is 11.2 Å². The van der Waals surface area contributed by atoms with Crippen LogP contribution in [0.1, 0.15) is 24.6 Å². The summed E-state index contributed by atoms with van der Waals surface area (Å²) in [6.07, 6.45) is 2.13. The van der Waals surface area contributed by atoms with Crippen LogP contribution in [0.2, 0.25) is 0 Å². The third-order valence-electron chi connectivity index (χ3n) is 4.07. The van der Waals surface area contributed by atoms with Gasteiger partial charge in [-0.05, 0) is 12.8 Å². The van der Waals surface area contributed by atoms with E-state index in [2.05, 4.69) is 4.98 Å². The predicted octanol–water partition coefficient (Wildman–Crippen LogP) is -0.621. The Balaban J connectivity index is 2.32. The number of ether oxygens (including phenoxy) is 1. The standard InChI is InChI=1S/C14H21N5O3/c1-17-13(20)10-12(19(14(17)21)7-8-22-2)16-11(9-3-4-9)18(10)6-5-15/h9H,3-8,15H2,1-2H3. The fourth-order valence-corrected chi connectivity index (χ4v) is 2.77. The first kappa shape index (κ1) is 15.0. The van der Waals surface area contributed by atoms with Crippen molar-refractivity contribution in [3.8, 4) is 0 Å². The van der Waals surface area contributed by atoms with Crippen molar-refractivity contribution in [2.24, 2.45) is 12.8 Å². The second kappa shape index (κ2) is 5.69. The molecule has 0 amide bonds. The smallest absolute Gasteiger partial charge is 0.332 e. The minimum Gasteiger partial charge on any atom is -0.383 e. The zero-order chi connectivity index (χ0) is 15.9. The highest BCUT2D eigenvalue weighted by molar-refractivity contribution is 5.71. The zero-order valence-electron chi connectivity index (χ0n) is 12.9. The van der Waals surface area contributed by atoms with Gasteiger partial charge >= 0.3 is 5.69 Å². The Labute approximate surface area is 127 Å². The molecule has 8 heteroatoms. The van der Waals surface area contributed by atoms with E-state index in [1.807, 2.05) is 4.57 Å². The molecule has 0 bridgehead atoms. The summed E-state index contributed by atoms with van der Waals surface area (Å²) in [4.78, 5) is 29.5. The first-order valence-electron chi connectivity index (χ1n) is 7.49. The molecule has 1 fully saturated rings. The fraction of sp³-hybridized carbons (Fsp3) is 0.643. The fourth-order valence-electron chi connectivity index (χ4n) is 2.77. The van der Waals surface area contributed by atoms with E-state index in [0.29, 0.717) is 43.3 Å². The molecule has 1 saturated carbocycles. The molecular formula is C14H21N5O3. The number of hydrogen-bond donors (Lipinski definition) is 1. The monoisotopic (exact) mass is 307 g/mol. The average Bonchev–Trinajstić information content (AvgIpc) is 3.28. The lowest BCUT2D eigenvalue weighted by Gasteiger charge is -2.09. The van der Waals surface area contributed by atoms with Gasteiger partial charge in [-0.2, -0.15) is 0 Å². The van der Waals surface area contributed by atoms with Crippen molar-refractivity contribution in [1.82, 2.24) is 18.7 Å². The summed E-state index contributed by atoms with van der Waals surface area (Å²) < 4.78 is 9.59. The molecule has 3 rings (SSSR count). The van der Waals surface area contributed by atoms with Crippen LogP contribution < -0.4 is 17.0 Å². The minimum atomic E-state index is -0.366. The average molecular weight is 307 g/mol. The van der Waals surface area contributed by atoms with E-state index in [1.165, 1.54) is 11.6 Å². The van der Waals surface area contributed by atoms with Crippen LogP contribution in [0.15, 0.2) is 9.59 Å². The lowest BCUT2D eigenvalue weighted by atomic mass is 10.4. The van der Waals surface area contributed by atoms with E-state index in [0.717, 1.165) is 23.2 Å². The van der Waals surface area contributed by atoms with Crippen LogP contribution in [0.4, 0.5) is 0 Å². The number of imidazole rings is 1. The molecule has 1 aliphatic rings. The van der Waals surface area contributed by atoms with E-state index in [4.69, 9.17) is 10.5 Å². The van der Waals surface area contributed by atoms with Crippen LogP contribution in [0, 0.1) is 0 Å². The maximum atomic E-state index is 12.5. The number of nitrogens with zero attached hydrogens (tertiary/aromatic N) is 4.